The Labute approximate surface area is 102 Å². The van der Waals surface area contributed by atoms with E-state index < -0.39 is 0 Å². The average Bonchev–Trinajstić information content (AvgIpc) is 2.63. The molecule has 0 atom stereocenters. The molecular formula is C13H19N3O. The largest absolute Gasteiger partial charge is 0.342 e. The molecule has 92 valence electrons. The third-order valence-corrected chi connectivity index (χ3v) is 3.88. The van der Waals surface area contributed by atoms with Gasteiger partial charge < -0.3 is 14.8 Å². The molecule has 1 aromatic heterocycles. The highest BCUT2D eigenvalue weighted by molar-refractivity contribution is 5.93. The van der Waals surface area contributed by atoms with E-state index in [1.807, 2.05) is 11.9 Å². The molecule has 1 aromatic rings. The van der Waals surface area contributed by atoms with Gasteiger partial charge in [0, 0.05) is 32.4 Å². The van der Waals surface area contributed by atoms with Crippen LogP contribution in [-0.2, 0) is 20.0 Å². The number of nitrogens with zero attached hydrogens (tertiary/aromatic N) is 2. The molecule has 2 aliphatic rings. The maximum Gasteiger partial charge on any atom is 0.270 e. The second-order valence-electron chi connectivity index (χ2n) is 5.30. The Morgan fingerprint density at radius 2 is 2.24 bits per heavy atom. The van der Waals surface area contributed by atoms with Crippen molar-refractivity contribution in [2.24, 2.45) is 13.0 Å². The van der Waals surface area contributed by atoms with E-state index in [0.29, 0.717) is 5.92 Å². The summed E-state index contributed by atoms with van der Waals surface area (Å²) in [7, 11) is 2.00. The maximum absolute atomic E-state index is 12.3. The van der Waals surface area contributed by atoms with E-state index in [1.54, 1.807) is 0 Å². The quantitative estimate of drug-likeness (QED) is 0.777. The van der Waals surface area contributed by atoms with E-state index in [0.717, 1.165) is 38.3 Å². The number of carbonyl (C=O) groups excluding carboxylic acids is 1. The number of carbonyl (C=O) groups is 1. The first-order chi connectivity index (χ1) is 8.16. The normalized spacial score (nSPS) is 20.0. The van der Waals surface area contributed by atoms with E-state index in [9.17, 15) is 4.79 Å². The molecule has 1 amide bonds. The zero-order chi connectivity index (χ0) is 12.0. The van der Waals surface area contributed by atoms with Crippen LogP contribution in [0.15, 0.2) is 6.07 Å². The first-order valence-corrected chi connectivity index (χ1v) is 6.34. The van der Waals surface area contributed by atoms with Crippen molar-refractivity contribution in [3.8, 4) is 0 Å². The summed E-state index contributed by atoms with van der Waals surface area (Å²) in [5, 5.41) is 3.35. The number of amides is 1. The van der Waals surface area contributed by atoms with Gasteiger partial charge in [-0.25, -0.2) is 0 Å². The van der Waals surface area contributed by atoms with Crippen LogP contribution >= 0.6 is 0 Å². The molecule has 17 heavy (non-hydrogen) atoms. The lowest BCUT2D eigenvalue weighted by atomic mass is 10.0. The summed E-state index contributed by atoms with van der Waals surface area (Å²) in [6, 6.07) is 2.08. The van der Waals surface area contributed by atoms with Crippen molar-refractivity contribution >= 4 is 5.91 Å². The lowest BCUT2D eigenvalue weighted by Gasteiger charge is -2.37. The van der Waals surface area contributed by atoms with E-state index >= 15 is 0 Å². The van der Waals surface area contributed by atoms with E-state index in [-0.39, 0.29) is 5.91 Å². The third kappa shape index (κ3) is 1.67. The Morgan fingerprint density at radius 3 is 2.88 bits per heavy atom. The predicted octanol–water partition coefficient (Wildman–Crippen LogP) is 0.763. The van der Waals surface area contributed by atoms with Crippen LogP contribution in [0.1, 0.15) is 28.7 Å². The van der Waals surface area contributed by atoms with E-state index in [4.69, 9.17) is 0 Å². The molecule has 0 bridgehead atoms. The SMILES string of the molecule is CC1CN(C(=O)c2cc3c(n2C)CNCC3)C1. The summed E-state index contributed by atoms with van der Waals surface area (Å²) in [5.74, 6) is 0.857. The van der Waals surface area contributed by atoms with E-state index in [1.165, 1.54) is 11.3 Å². The third-order valence-electron chi connectivity index (χ3n) is 3.88. The zero-order valence-electron chi connectivity index (χ0n) is 10.5. The number of hydrogen-bond acceptors (Lipinski definition) is 2. The molecule has 1 saturated heterocycles. The molecule has 0 radical (unpaired) electrons. The minimum atomic E-state index is 0.194. The highest BCUT2D eigenvalue weighted by Crippen LogP contribution is 2.23. The number of hydrogen-bond donors (Lipinski definition) is 1. The molecule has 0 saturated carbocycles. The monoisotopic (exact) mass is 233 g/mol. The summed E-state index contributed by atoms with van der Waals surface area (Å²) in [6.45, 7) is 5.91. The van der Waals surface area contributed by atoms with Crippen molar-refractivity contribution in [2.45, 2.75) is 19.9 Å². The molecule has 4 heteroatoms. The van der Waals surface area contributed by atoms with Crippen molar-refractivity contribution in [2.75, 3.05) is 19.6 Å². The van der Waals surface area contributed by atoms with E-state index in [2.05, 4.69) is 22.9 Å². The fourth-order valence-electron chi connectivity index (χ4n) is 2.82. The molecule has 3 heterocycles. The summed E-state index contributed by atoms with van der Waals surface area (Å²) < 4.78 is 2.06. The van der Waals surface area contributed by atoms with Gasteiger partial charge in [-0.05, 0) is 30.5 Å². The Morgan fingerprint density at radius 1 is 1.47 bits per heavy atom. The van der Waals surface area contributed by atoms with Gasteiger partial charge in [-0.3, -0.25) is 4.79 Å². The second-order valence-corrected chi connectivity index (χ2v) is 5.30. The number of rotatable bonds is 1. The number of aromatic nitrogens is 1. The van der Waals surface area contributed by atoms with Gasteiger partial charge in [-0.15, -0.1) is 0 Å². The standard InChI is InChI=1S/C13H19N3O/c1-9-7-16(8-9)13(17)11-5-10-3-4-14-6-12(10)15(11)2/h5,9,14H,3-4,6-8H2,1-2H3. The van der Waals surface area contributed by atoms with Gasteiger partial charge in [0.2, 0.25) is 0 Å². The van der Waals surface area contributed by atoms with Gasteiger partial charge in [0.25, 0.3) is 5.91 Å². The smallest absolute Gasteiger partial charge is 0.270 e. The second kappa shape index (κ2) is 3.88. The lowest BCUT2D eigenvalue weighted by molar-refractivity contribution is 0.0520. The zero-order valence-corrected chi connectivity index (χ0v) is 10.5. The van der Waals surface area contributed by atoms with Crippen LogP contribution in [0, 0.1) is 5.92 Å². The van der Waals surface area contributed by atoms with Crippen molar-refractivity contribution in [1.82, 2.24) is 14.8 Å². The molecule has 1 fully saturated rings. The molecule has 0 aromatic carbocycles. The van der Waals surface area contributed by atoms with Crippen molar-refractivity contribution in [3.05, 3.63) is 23.0 Å². The van der Waals surface area contributed by atoms with Gasteiger partial charge in [-0.1, -0.05) is 6.92 Å². The number of nitrogens with one attached hydrogen (secondary N) is 1. The fraction of sp³-hybridized carbons (Fsp3) is 0.615. The highest BCUT2D eigenvalue weighted by Gasteiger charge is 2.30. The summed E-state index contributed by atoms with van der Waals surface area (Å²) in [5.41, 5.74) is 3.46. The first-order valence-electron chi connectivity index (χ1n) is 6.34. The minimum absolute atomic E-state index is 0.194. The van der Waals surface area contributed by atoms with Gasteiger partial charge in [0.05, 0.1) is 0 Å². The maximum atomic E-state index is 12.3. The summed E-state index contributed by atoms with van der Waals surface area (Å²) in [4.78, 5) is 14.2. The molecule has 2 aliphatic heterocycles. The molecule has 0 unspecified atom stereocenters. The van der Waals surface area contributed by atoms with Crippen LogP contribution in [0.4, 0.5) is 0 Å². The first kappa shape index (κ1) is 10.8. The Hall–Kier alpha value is -1.29. The topological polar surface area (TPSA) is 37.3 Å². The van der Waals surface area contributed by atoms with Crippen molar-refractivity contribution < 1.29 is 4.79 Å². The van der Waals surface area contributed by atoms with Crippen LogP contribution in [0.3, 0.4) is 0 Å². The average molecular weight is 233 g/mol. The molecular weight excluding hydrogens is 214 g/mol. The summed E-state index contributed by atoms with van der Waals surface area (Å²) >= 11 is 0. The lowest BCUT2D eigenvalue weighted by Crippen LogP contribution is -2.49. The van der Waals surface area contributed by atoms with Crippen LogP contribution in [0.2, 0.25) is 0 Å². The van der Waals surface area contributed by atoms with Gasteiger partial charge in [0.1, 0.15) is 5.69 Å². The van der Waals surface area contributed by atoms with Gasteiger partial charge in [0.15, 0.2) is 0 Å². The van der Waals surface area contributed by atoms with Crippen LogP contribution in [0.5, 0.6) is 0 Å². The Kier molecular flexibility index (Phi) is 2.47. The highest BCUT2D eigenvalue weighted by atomic mass is 16.2. The Bertz CT molecular complexity index is 457. The number of fused-ring (bicyclic) bond motifs is 1. The van der Waals surface area contributed by atoms with Crippen LogP contribution < -0.4 is 5.32 Å². The minimum Gasteiger partial charge on any atom is -0.342 e. The molecule has 0 spiro atoms. The number of likely N-dealkylation sites (tertiary alicyclic amines) is 1. The molecule has 1 N–H and O–H groups in total. The van der Waals surface area contributed by atoms with Gasteiger partial charge >= 0.3 is 0 Å². The van der Waals surface area contributed by atoms with Gasteiger partial charge in [-0.2, -0.15) is 0 Å². The van der Waals surface area contributed by atoms with Crippen LogP contribution in [-0.4, -0.2) is 35.0 Å². The Balaban J connectivity index is 1.88. The van der Waals surface area contributed by atoms with Crippen molar-refractivity contribution in [1.29, 1.82) is 0 Å². The molecule has 3 rings (SSSR count). The predicted molar refractivity (Wildman–Crippen MR) is 65.9 cm³/mol. The summed E-state index contributed by atoms with van der Waals surface area (Å²) in [6.07, 6.45) is 1.03. The van der Waals surface area contributed by atoms with Crippen molar-refractivity contribution in [3.63, 3.8) is 0 Å². The fourth-order valence-corrected chi connectivity index (χ4v) is 2.82. The molecule has 4 nitrogen and oxygen atoms in total. The molecule has 0 aliphatic carbocycles. The van der Waals surface area contributed by atoms with Crippen LogP contribution in [0.25, 0.3) is 0 Å².